The Balaban J connectivity index is 1.51. The molecule has 5 rings (SSSR count). The first kappa shape index (κ1) is 22.3. The van der Waals surface area contributed by atoms with Crippen LogP contribution in [0, 0.1) is 6.92 Å². The van der Waals surface area contributed by atoms with Crippen molar-refractivity contribution in [2.45, 2.75) is 26.9 Å². The molecule has 0 radical (unpaired) electrons. The van der Waals surface area contributed by atoms with E-state index in [1.165, 1.54) is 0 Å². The normalized spacial score (nSPS) is 13.4. The summed E-state index contributed by atoms with van der Waals surface area (Å²) >= 11 is 6.34. The van der Waals surface area contributed by atoms with Crippen molar-refractivity contribution in [3.63, 3.8) is 0 Å². The molecule has 0 atom stereocenters. The molecule has 2 heterocycles. The number of halogens is 1. The Bertz CT molecular complexity index is 1410. The van der Waals surface area contributed by atoms with Gasteiger partial charge in [0.15, 0.2) is 11.5 Å². The van der Waals surface area contributed by atoms with Crippen LogP contribution >= 0.6 is 11.6 Å². The number of aryl methyl sites for hydroxylation is 1. The van der Waals surface area contributed by atoms with E-state index in [9.17, 15) is 4.79 Å². The van der Waals surface area contributed by atoms with Crippen molar-refractivity contribution in [3.05, 3.63) is 92.8 Å². The van der Waals surface area contributed by atoms with Crippen LogP contribution in [0.3, 0.4) is 0 Å². The molecule has 0 unspecified atom stereocenters. The van der Waals surface area contributed by atoms with Crippen molar-refractivity contribution in [1.29, 1.82) is 0 Å². The molecule has 3 aromatic carbocycles. The van der Waals surface area contributed by atoms with E-state index in [-0.39, 0.29) is 11.2 Å². The van der Waals surface area contributed by atoms with E-state index in [0.717, 1.165) is 11.1 Å². The fourth-order valence-corrected chi connectivity index (χ4v) is 4.30. The molecule has 0 saturated carbocycles. The van der Waals surface area contributed by atoms with Gasteiger partial charge in [0.05, 0.1) is 17.6 Å². The van der Waals surface area contributed by atoms with Crippen molar-refractivity contribution >= 4 is 22.6 Å². The Hall–Kier alpha value is -3.48. The molecular weight excluding hydrogens is 454 g/mol. The van der Waals surface area contributed by atoms with E-state index >= 15 is 0 Å². The van der Waals surface area contributed by atoms with E-state index in [1.54, 1.807) is 25.1 Å². The summed E-state index contributed by atoms with van der Waals surface area (Å²) in [6, 6.07) is 18.5. The minimum Gasteiger partial charge on any atom is -0.490 e. The van der Waals surface area contributed by atoms with Gasteiger partial charge in [-0.25, -0.2) is 0 Å². The Morgan fingerprint density at radius 3 is 2.59 bits per heavy atom. The van der Waals surface area contributed by atoms with Gasteiger partial charge in [0, 0.05) is 18.1 Å². The third kappa shape index (κ3) is 4.22. The van der Waals surface area contributed by atoms with Crippen LogP contribution in [0.5, 0.6) is 23.0 Å². The van der Waals surface area contributed by atoms with Crippen LogP contribution in [-0.4, -0.2) is 18.2 Å². The van der Waals surface area contributed by atoms with E-state index in [2.05, 4.69) is 4.90 Å². The van der Waals surface area contributed by atoms with Gasteiger partial charge in [-0.3, -0.25) is 9.69 Å². The van der Waals surface area contributed by atoms with Crippen LogP contribution in [0.1, 0.15) is 23.8 Å². The molecule has 0 bridgehead atoms. The Morgan fingerprint density at radius 2 is 1.79 bits per heavy atom. The largest absolute Gasteiger partial charge is 0.490 e. The summed E-state index contributed by atoms with van der Waals surface area (Å²) in [6.45, 7) is 5.71. The van der Waals surface area contributed by atoms with Crippen LogP contribution < -0.4 is 19.6 Å². The monoisotopic (exact) mass is 477 g/mol. The molecule has 0 saturated heterocycles. The molecule has 0 fully saturated rings. The second-order valence-electron chi connectivity index (χ2n) is 8.07. The highest BCUT2D eigenvalue weighted by molar-refractivity contribution is 6.31. The van der Waals surface area contributed by atoms with Crippen LogP contribution in [0.25, 0.3) is 11.0 Å². The van der Waals surface area contributed by atoms with E-state index in [4.69, 9.17) is 30.2 Å². The van der Waals surface area contributed by atoms with Crippen LogP contribution in [0.15, 0.2) is 69.9 Å². The molecule has 34 heavy (non-hydrogen) atoms. The molecule has 0 N–H and O–H groups in total. The Morgan fingerprint density at radius 1 is 1.03 bits per heavy atom. The lowest BCUT2D eigenvalue weighted by Gasteiger charge is -2.29. The lowest BCUT2D eigenvalue weighted by Crippen LogP contribution is -2.32. The average Bonchev–Trinajstić information content (AvgIpc) is 2.84. The lowest BCUT2D eigenvalue weighted by atomic mass is 10.1. The van der Waals surface area contributed by atoms with Crippen molar-refractivity contribution in [1.82, 2.24) is 4.90 Å². The van der Waals surface area contributed by atoms with Crippen LogP contribution in [0.2, 0.25) is 5.02 Å². The SMILES string of the molecule is CCOc1ccccc1Oc1c(C)oc2c3c(ccc2c1=O)OCN(Cc1ccccc1Cl)C3. The smallest absolute Gasteiger partial charge is 0.235 e. The molecule has 0 amide bonds. The van der Waals surface area contributed by atoms with Crippen molar-refractivity contribution in [2.24, 2.45) is 0 Å². The minimum absolute atomic E-state index is 0.143. The molecule has 1 aliphatic rings. The van der Waals surface area contributed by atoms with Gasteiger partial charge < -0.3 is 18.6 Å². The van der Waals surface area contributed by atoms with Gasteiger partial charge in [0.2, 0.25) is 11.2 Å². The van der Waals surface area contributed by atoms with Gasteiger partial charge in [-0.15, -0.1) is 0 Å². The summed E-state index contributed by atoms with van der Waals surface area (Å²) in [5.74, 6) is 2.27. The molecule has 0 spiro atoms. The lowest BCUT2D eigenvalue weighted by molar-refractivity contribution is 0.0890. The molecule has 4 aromatic rings. The standard InChI is InChI=1S/C27H24ClNO5/c1-3-31-23-10-6-7-11-24(23)34-26-17(2)33-27-19(25(26)30)12-13-22-20(27)15-29(16-32-22)14-18-8-4-5-9-21(18)28/h4-13H,3,14-16H2,1-2H3. The number of hydrogen-bond acceptors (Lipinski definition) is 6. The topological polar surface area (TPSA) is 61.1 Å². The minimum atomic E-state index is -0.240. The van der Waals surface area contributed by atoms with Gasteiger partial charge >= 0.3 is 0 Å². The van der Waals surface area contributed by atoms with Crippen molar-refractivity contribution in [3.8, 4) is 23.0 Å². The second-order valence-corrected chi connectivity index (χ2v) is 8.48. The van der Waals surface area contributed by atoms with Crippen LogP contribution in [-0.2, 0) is 13.1 Å². The second kappa shape index (κ2) is 9.41. The number of nitrogens with zero attached hydrogens (tertiary/aromatic N) is 1. The zero-order valence-corrected chi connectivity index (χ0v) is 19.7. The first-order valence-electron chi connectivity index (χ1n) is 11.1. The molecule has 1 aromatic heterocycles. The van der Waals surface area contributed by atoms with Gasteiger partial charge in [-0.1, -0.05) is 41.9 Å². The van der Waals surface area contributed by atoms with E-state index < -0.39 is 0 Å². The predicted molar refractivity (Wildman–Crippen MR) is 131 cm³/mol. The third-order valence-corrected chi connectivity index (χ3v) is 6.11. The highest BCUT2D eigenvalue weighted by atomic mass is 35.5. The van der Waals surface area contributed by atoms with E-state index in [1.807, 2.05) is 49.4 Å². The van der Waals surface area contributed by atoms with Gasteiger partial charge in [0.25, 0.3) is 0 Å². The number of hydrogen-bond donors (Lipinski definition) is 0. The van der Waals surface area contributed by atoms with Gasteiger partial charge in [-0.2, -0.15) is 0 Å². The zero-order valence-electron chi connectivity index (χ0n) is 19.0. The number of fused-ring (bicyclic) bond motifs is 3. The first-order chi connectivity index (χ1) is 16.5. The number of para-hydroxylation sites is 2. The molecule has 6 nitrogen and oxygen atoms in total. The average molecular weight is 478 g/mol. The summed E-state index contributed by atoms with van der Waals surface area (Å²) < 4.78 is 23.8. The Kier molecular flexibility index (Phi) is 6.18. The quantitative estimate of drug-likeness (QED) is 0.325. The Labute approximate surface area is 202 Å². The molecule has 1 aliphatic heterocycles. The number of rotatable bonds is 6. The summed E-state index contributed by atoms with van der Waals surface area (Å²) in [4.78, 5) is 15.5. The summed E-state index contributed by atoms with van der Waals surface area (Å²) in [7, 11) is 0. The first-order valence-corrected chi connectivity index (χ1v) is 11.5. The highest BCUT2D eigenvalue weighted by Gasteiger charge is 2.25. The summed E-state index contributed by atoms with van der Waals surface area (Å²) in [5, 5.41) is 1.15. The third-order valence-electron chi connectivity index (χ3n) is 5.74. The van der Waals surface area contributed by atoms with Gasteiger partial charge in [0.1, 0.15) is 23.8 Å². The maximum Gasteiger partial charge on any atom is 0.235 e. The molecule has 0 aliphatic carbocycles. The van der Waals surface area contributed by atoms with Crippen LogP contribution in [0.4, 0.5) is 0 Å². The maximum absolute atomic E-state index is 13.4. The molecular formula is C27H24ClNO5. The predicted octanol–water partition coefficient (Wildman–Crippen LogP) is 6.30. The summed E-state index contributed by atoms with van der Waals surface area (Å²) in [5.41, 5.74) is 2.11. The van der Waals surface area contributed by atoms with Crippen molar-refractivity contribution in [2.75, 3.05) is 13.3 Å². The fraction of sp³-hybridized carbons (Fsp3) is 0.222. The highest BCUT2D eigenvalue weighted by Crippen LogP contribution is 2.36. The molecule has 174 valence electrons. The number of benzene rings is 3. The van der Waals surface area contributed by atoms with Gasteiger partial charge in [-0.05, 0) is 49.7 Å². The fourth-order valence-electron chi connectivity index (χ4n) is 4.11. The summed E-state index contributed by atoms with van der Waals surface area (Å²) in [6.07, 6.45) is 0. The number of ether oxygens (including phenoxy) is 3. The molecule has 7 heteroatoms. The zero-order chi connectivity index (χ0) is 23.7. The maximum atomic E-state index is 13.4. The van der Waals surface area contributed by atoms with E-state index in [0.29, 0.717) is 65.4 Å². The van der Waals surface area contributed by atoms with Crippen molar-refractivity contribution < 1.29 is 18.6 Å².